The van der Waals surface area contributed by atoms with E-state index in [1.165, 1.54) is 31.4 Å². The minimum Gasteiger partial charge on any atom is -0.497 e. The second-order valence-corrected chi connectivity index (χ2v) is 8.08. The zero-order chi connectivity index (χ0) is 23.4. The number of hydrogen-bond acceptors (Lipinski definition) is 6. The number of ether oxygens (including phenoxy) is 2. The average Bonchev–Trinajstić information content (AvgIpc) is 3.08. The fraction of sp³-hybridized carbons (Fsp3) is 0.0800. The van der Waals surface area contributed by atoms with Gasteiger partial charge in [-0.15, -0.1) is 0 Å². The van der Waals surface area contributed by atoms with Gasteiger partial charge < -0.3 is 9.47 Å². The fourth-order valence-electron chi connectivity index (χ4n) is 3.12. The molecule has 1 aliphatic rings. The van der Waals surface area contributed by atoms with E-state index in [4.69, 9.17) is 9.47 Å². The SMILES string of the molecule is COc1ccc(C(=O)Oc2cccc(/C=C3\SC(=O)N(Cc4ccc(F)cc4)C3=O)c2)cc1. The van der Waals surface area contributed by atoms with Crippen LogP contribution < -0.4 is 9.47 Å². The van der Waals surface area contributed by atoms with Crippen LogP contribution in [0.4, 0.5) is 9.18 Å². The number of benzene rings is 3. The van der Waals surface area contributed by atoms with Crippen molar-refractivity contribution in [3.05, 3.63) is 100 Å². The van der Waals surface area contributed by atoms with Crippen LogP contribution in [0.3, 0.4) is 0 Å². The first-order valence-electron chi connectivity index (χ1n) is 9.89. The van der Waals surface area contributed by atoms with Crippen molar-refractivity contribution >= 4 is 35.0 Å². The van der Waals surface area contributed by atoms with E-state index in [-0.39, 0.29) is 17.3 Å². The number of rotatable bonds is 6. The predicted molar refractivity (Wildman–Crippen MR) is 122 cm³/mol. The van der Waals surface area contributed by atoms with Crippen LogP contribution in [0.25, 0.3) is 6.08 Å². The molecule has 4 rings (SSSR count). The summed E-state index contributed by atoms with van der Waals surface area (Å²) < 4.78 is 23.6. The van der Waals surface area contributed by atoms with E-state index in [1.807, 2.05) is 0 Å². The zero-order valence-electron chi connectivity index (χ0n) is 17.5. The van der Waals surface area contributed by atoms with Crippen molar-refractivity contribution in [2.75, 3.05) is 7.11 Å². The minimum atomic E-state index is -0.533. The van der Waals surface area contributed by atoms with Crippen molar-refractivity contribution in [1.29, 1.82) is 0 Å². The van der Waals surface area contributed by atoms with Crippen molar-refractivity contribution in [1.82, 2.24) is 4.90 Å². The third kappa shape index (κ3) is 5.30. The zero-order valence-corrected chi connectivity index (χ0v) is 18.3. The summed E-state index contributed by atoms with van der Waals surface area (Å²) in [5.41, 5.74) is 1.61. The largest absolute Gasteiger partial charge is 0.497 e. The van der Waals surface area contributed by atoms with E-state index in [9.17, 15) is 18.8 Å². The summed E-state index contributed by atoms with van der Waals surface area (Å²) in [4.78, 5) is 38.8. The molecular formula is C25H18FNO5S. The van der Waals surface area contributed by atoms with Gasteiger partial charge in [-0.3, -0.25) is 14.5 Å². The highest BCUT2D eigenvalue weighted by atomic mass is 32.2. The lowest BCUT2D eigenvalue weighted by Crippen LogP contribution is -2.27. The van der Waals surface area contributed by atoms with Gasteiger partial charge in [0.25, 0.3) is 11.1 Å². The number of methoxy groups -OCH3 is 1. The number of halogens is 1. The highest BCUT2D eigenvalue weighted by molar-refractivity contribution is 8.18. The van der Waals surface area contributed by atoms with Crippen LogP contribution >= 0.6 is 11.8 Å². The standard InChI is InChI=1S/C25H18FNO5S/c1-31-20-11-7-18(8-12-20)24(29)32-21-4-2-3-17(13-21)14-22-23(28)27(25(30)33-22)15-16-5-9-19(26)10-6-16/h2-14H,15H2,1H3/b22-14-. The summed E-state index contributed by atoms with van der Waals surface area (Å²) in [6.45, 7) is 0.0573. The average molecular weight is 463 g/mol. The van der Waals surface area contributed by atoms with E-state index in [0.29, 0.717) is 28.2 Å². The third-order valence-corrected chi connectivity index (χ3v) is 5.73. The molecule has 0 unspecified atom stereocenters. The van der Waals surface area contributed by atoms with Crippen molar-refractivity contribution in [2.24, 2.45) is 0 Å². The molecule has 166 valence electrons. The molecule has 0 spiro atoms. The minimum absolute atomic E-state index is 0.0573. The summed E-state index contributed by atoms with van der Waals surface area (Å²) in [6.07, 6.45) is 1.57. The van der Waals surface area contributed by atoms with E-state index in [1.54, 1.807) is 54.6 Å². The molecule has 0 N–H and O–H groups in total. The van der Waals surface area contributed by atoms with Crippen LogP contribution in [0.1, 0.15) is 21.5 Å². The van der Waals surface area contributed by atoms with Crippen molar-refractivity contribution in [3.8, 4) is 11.5 Å². The van der Waals surface area contributed by atoms with Crippen LogP contribution in [-0.4, -0.2) is 29.1 Å². The van der Waals surface area contributed by atoms with Gasteiger partial charge in [0.05, 0.1) is 24.1 Å². The van der Waals surface area contributed by atoms with E-state index < -0.39 is 17.1 Å². The molecule has 33 heavy (non-hydrogen) atoms. The molecule has 0 bridgehead atoms. The first-order valence-corrected chi connectivity index (χ1v) is 10.7. The van der Waals surface area contributed by atoms with Gasteiger partial charge in [-0.2, -0.15) is 0 Å². The Labute approximate surface area is 193 Å². The summed E-state index contributed by atoms with van der Waals surface area (Å²) in [5, 5.41) is -0.405. The molecule has 8 heteroatoms. The molecule has 1 fully saturated rings. The number of amides is 2. The fourth-order valence-corrected chi connectivity index (χ4v) is 3.96. The van der Waals surface area contributed by atoms with Gasteiger partial charge in [0.15, 0.2) is 0 Å². The number of nitrogens with zero attached hydrogens (tertiary/aromatic N) is 1. The van der Waals surface area contributed by atoms with E-state index in [2.05, 4.69) is 0 Å². The Bertz CT molecular complexity index is 1240. The molecule has 1 aliphatic heterocycles. The highest BCUT2D eigenvalue weighted by Gasteiger charge is 2.35. The molecule has 0 saturated carbocycles. The van der Waals surface area contributed by atoms with Gasteiger partial charge in [-0.05, 0) is 77.5 Å². The first-order chi connectivity index (χ1) is 15.9. The Morgan fingerprint density at radius 1 is 1.00 bits per heavy atom. The Morgan fingerprint density at radius 2 is 1.73 bits per heavy atom. The van der Waals surface area contributed by atoms with Crippen LogP contribution in [0.15, 0.2) is 77.7 Å². The molecule has 0 aliphatic carbocycles. The number of esters is 1. The highest BCUT2D eigenvalue weighted by Crippen LogP contribution is 2.33. The molecule has 6 nitrogen and oxygen atoms in total. The molecule has 1 heterocycles. The van der Waals surface area contributed by atoms with Gasteiger partial charge in [0.1, 0.15) is 17.3 Å². The Balaban J connectivity index is 1.47. The van der Waals surface area contributed by atoms with Crippen molar-refractivity contribution in [2.45, 2.75) is 6.54 Å². The monoisotopic (exact) mass is 463 g/mol. The normalized spacial score (nSPS) is 14.6. The third-order valence-electron chi connectivity index (χ3n) is 4.82. The van der Waals surface area contributed by atoms with Gasteiger partial charge >= 0.3 is 5.97 Å². The molecule has 3 aromatic carbocycles. The van der Waals surface area contributed by atoms with E-state index in [0.717, 1.165) is 16.7 Å². The molecule has 3 aromatic rings. The topological polar surface area (TPSA) is 72.9 Å². The summed E-state index contributed by atoms with van der Waals surface area (Å²) in [5.74, 6) is -0.429. The van der Waals surface area contributed by atoms with Crippen molar-refractivity contribution in [3.63, 3.8) is 0 Å². The number of carbonyl (C=O) groups is 3. The number of hydrogen-bond donors (Lipinski definition) is 0. The van der Waals surface area contributed by atoms with Crippen LogP contribution in [-0.2, 0) is 11.3 Å². The predicted octanol–water partition coefficient (Wildman–Crippen LogP) is 5.29. The quantitative estimate of drug-likeness (QED) is 0.281. The lowest BCUT2D eigenvalue weighted by Gasteiger charge is -2.12. The number of carbonyl (C=O) groups excluding carboxylic acids is 3. The van der Waals surface area contributed by atoms with Gasteiger partial charge in [-0.25, -0.2) is 9.18 Å². The van der Waals surface area contributed by atoms with Gasteiger partial charge in [-0.1, -0.05) is 24.3 Å². The second-order valence-electron chi connectivity index (χ2n) is 7.08. The summed E-state index contributed by atoms with van der Waals surface area (Å²) >= 11 is 0.824. The molecule has 1 saturated heterocycles. The van der Waals surface area contributed by atoms with Crippen LogP contribution in [0.2, 0.25) is 0 Å². The maximum absolute atomic E-state index is 13.1. The Kier molecular flexibility index (Phi) is 6.55. The summed E-state index contributed by atoms with van der Waals surface area (Å²) in [7, 11) is 1.54. The molecule has 2 amide bonds. The van der Waals surface area contributed by atoms with Crippen molar-refractivity contribution < 1.29 is 28.2 Å². The van der Waals surface area contributed by atoms with Gasteiger partial charge in [0.2, 0.25) is 0 Å². The summed E-state index contributed by atoms with van der Waals surface area (Å²) in [6, 6.07) is 18.8. The number of imide groups is 1. The maximum Gasteiger partial charge on any atom is 0.343 e. The molecule has 0 aromatic heterocycles. The Morgan fingerprint density at radius 3 is 2.42 bits per heavy atom. The lowest BCUT2D eigenvalue weighted by molar-refractivity contribution is -0.123. The van der Waals surface area contributed by atoms with Crippen LogP contribution in [0, 0.1) is 5.82 Å². The Hall–Kier alpha value is -3.91. The molecule has 0 radical (unpaired) electrons. The van der Waals surface area contributed by atoms with E-state index >= 15 is 0 Å². The number of thioether (sulfide) groups is 1. The molecule has 0 atom stereocenters. The first kappa shape index (κ1) is 22.3. The maximum atomic E-state index is 13.1. The smallest absolute Gasteiger partial charge is 0.343 e. The lowest BCUT2D eigenvalue weighted by atomic mass is 10.2. The van der Waals surface area contributed by atoms with Gasteiger partial charge in [0, 0.05) is 0 Å². The molecular weight excluding hydrogens is 445 g/mol. The van der Waals surface area contributed by atoms with Crippen LogP contribution in [0.5, 0.6) is 11.5 Å². The second kappa shape index (κ2) is 9.70.